The van der Waals surface area contributed by atoms with Crippen molar-refractivity contribution in [3.05, 3.63) is 69.1 Å². The van der Waals surface area contributed by atoms with Crippen molar-refractivity contribution in [2.45, 2.75) is 32.4 Å². The number of nitrogens with one attached hydrogen (secondary N) is 2. The fourth-order valence-electron chi connectivity index (χ4n) is 2.28. The molecule has 0 fully saturated rings. The first-order valence-corrected chi connectivity index (χ1v) is 9.28. The maximum Gasteiger partial charge on any atom is 0.264 e. The molecule has 0 saturated carbocycles. The fraction of sp³-hybridized carbons (Fsp3) is 0.294. The van der Waals surface area contributed by atoms with E-state index in [4.69, 9.17) is 0 Å². The maximum absolute atomic E-state index is 12.2. The Kier molecular flexibility index (Phi) is 5.56. The second-order valence-electron chi connectivity index (χ2n) is 5.68. The molecule has 24 heavy (non-hydrogen) atoms. The van der Waals surface area contributed by atoms with Gasteiger partial charge in [-0.25, -0.2) is 13.1 Å². The van der Waals surface area contributed by atoms with Crippen LogP contribution in [0.3, 0.4) is 0 Å². The van der Waals surface area contributed by atoms with Crippen LogP contribution in [0.1, 0.15) is 40.5 Å². The lowest BCUT2D eigenvalue weighted by atomic mass is 10.1. The van der Waals surface area contributed by atoms with E-state index in [0.717, 1.165) is 18.1 Å². The first kappa shape index (κ1) is 17.9. The Bertz CT molecular complexity index is 884. The minimum absolute atomic E-state index is 0.0367. The summed E-state index contributed by atoms with van der Waals surface area (Å²) in [5.41, 5.74) is 1.81. The largest absolute Gasteiger partial charge is 0.326 e. The molecule has 1 aromatic carbocycles. The zero-order chi connectivity index (χ0) is 17.7. The molecule has 6 nitrogen and oxygen atoms in total. The minimum Gasteiger partial charge on any atom is -0.326 e. The summed E-state index contributed by atoms with van der Waals surface area (Å²) in [5, 5.41) is 0. The van der Waals surface area contributed by atoms with Gasteiger partial charge in [0.15, 0.2) is 0 Å². The van der Waals surface area contributed by atoms with E-state index in [9.17, 15) is 18.0 Å². The molecule has 0 aliphatic carbocycles. The number of rotatable bonds is 6. The summed E-state index contributed by atoms with van der Waals surface area (Å²) in [6.45, 7) is 3.85. The van der Waals surface area contributed by atoms with Crippen LogP contribution in [-0.2, 0) is 22.2 Å². The van der Waals surface area contributed by atoms with Gasteiger partial charge in [-0.2, -0.15) is 0 Å². The quantitative estimate of drug-likeness (QED) is 0.833. The van der Waals surface area contributed by atoms with Gasteiger partial charge in [0.25, 0.3) is 5.91 Å². The van der Waals surface area contributed by atoms with Crippen molar-refractivity contribution in [1.82, 2.24) is 9.71 Å². The third-order valence-electron chi connectivity index (χ3n) is 3.41. The van der Waals surface area contributed by atoms with Crippen molar-refractivity contribution in [3.63, 3.8) is 0 Å². The second-order valence-corrected chi connectivity index (χ2v) is 7.41. The van der Waals surface area contributed by atoms with Gasteiger partial charge < -0.3 is 4.98 Å². The van der Waals surface area contributed by atoms with Crippen LogP contribution in [0, 0.1) is 6.92 Å². The van der Waals surface area contributed by atoms with Crippen molar-refractivity contribution in [1.29, 1.82) is 0 Å². The Morgan fingerprint density at radius 2 is 1.83 bits per heavy atom. The predicted molar refractivity (Wildman–Crippen MR) is 92.3 cm³/mol. The van der Waals surface area contributed by atoms with Crippen molar-refractivity contribution < 1.29 is 13.2 Å². The fourth-order valence-corrected chi connectivity index (χ4v) is 3.38. The summed E-state index contributed by atoms with van der Waals surface area (Å²) in [6, 6.07) is 9.61. The first-order chi connectivity index (χ1) is 11.3. The summed E-state index contributed by atoms with van der Waals surface area (Å²) in [7, 11) is -3.84. The first-order valence-electron chi connectivity index (χ1n) is 7.62. The van der Waals surface area contributed by atoms with Gasteiger partial charge in [0, 0.05) is 17.3 Å². The van der Waals surface area contributed by atoms with Crippen LogP contribution < -0.4 is 10.3 Å². The number of carbonyl (C=O) groups is 1. The lowest BCUT2D eigenvalue weighted by Crippen LogP contribution is -2.32. The Labute approximate surface area is 141 Å². The SMILES string of the molecule is CCCc1cc(C(=O)NS(=O)(=O)Cc2ccc(C)cc2)cc(=O)[nH]1. The highest BCUT2D eigenvalue weighted by Crippen LogP contribution is 2.08. The van der Waals surface area contributed by atoms with Crippen LogP contribution in [0.4, 0.5) is 0 Å². The average Bonchev–Trinajstić information content (AvgIpc) is 2.48. The van der Waals surface area contributed by atoms with Gasteiger partial charge in [-0.3, -0.25) is 9.59 Å². The zero-order valence-electron chi connectivity index (χ0n) is 13.6. The minimum atomic E-state index is -3.84. The third kappa shape index (κ3) is 5.06. The van der Waals surface area contributed by atoms with Crippen LogP contribution in [0.2, 0.25) is 0 Å². The highest BCUT2D eigenvalue weighted by Gasteiger charge is 2.17. The molecule has 1 amide bonds. The number of benzene rings is 1. The van der Waals surface area contributed by atoms with Crippen molar-refractivity contribution in [2.75, 3.05) is 0 Å². The molecule has 0 atom stereocenters. The number of sulfonamides is 1. The Morgan fingerprint density at radius 3 is 2.46 bits per heavy atom. The molecule has 2 rings (SSSR count). The van der Waals surface area contributed by atoms with Crippen LogP contribution in [0.5, 0.6) is 0 Å². The number of aryl methyl sites for hydroxylation is 2. The molecule has 0 aliphatic rings. The van der Waals surface area contributed by atoms with Crippen LogP contribution in [0.15, 0.2) is 41.2 Å². The molecule has 1 aromatic heterocycles. The van der Waals surface area contributed by atoms with Gasteiger partial charge in [0.05, 0.1) is 5.75 Å². The van der Waals surface area contributed by atoms with Gasteiger partial charge in [-0.05, 0) is 25.0 Å². The number of amides is 1. The van der Waals surface area contributed by atoms with Gasteiger partial charge in [0.2, 0.25) is 15.6 Å². The molecular formula is C17H20N2O4S. The van der Waals surface area contributed by atoms with Gasteiger partial charge >= 0.3 is 0 Å². The molecule has 0 aliphatic heterocycles. The number of pyridine rings is 1. The number of hydrogen-bond acceptors (Lipinski definition) is 4. The van der Waals surface area contributed by atoms with Crippen LogP contribution in [-0.4, -0.2) is 19.3 Å². The second kappa shape index (κ2) is 7.44. The van der Waals surface area contributed by atoms with E-state index in [2.05, 4.69) is 4.98 Å². The molecule has 2 aromatic rings. The molecule has 0 unspecified atom stereocenters. The molecule has 128 valence electrons. The zero-order valence-corrected chi connectivity index (χ0v) is 14.4. The lowest BCUT2D eigenvalue weighted by Gasteiger charge is -2.08. The predicted octanol–water partition coefficient (Wildman–Crippen LogP) is 1.90. The summed E-state index contributed by atoms with van der Waals surface area (Å²) in [6.07, 6.45) is 1.40. The molecule has 1 heterocycles. The van der Waals surface area contributed by atoms with Crippen molar-refractivity contribution in [2.24, 2.45) is 0 Å². The Hall–Kier alpha value is -2.41. The van der Waals surface area contributed by atoms with Crippen LogP contribution >= 0.6 is 0 Å². The standard InChI is InChI=1S/C17H20N2O4S/c1-3-4-15-9-14(10-16(20)18-15)17(21)19-24(22,23)11-13-7-5-12(2)6-8-13/h5-10H,3-4,11H2,1-2H3,(H,18,20)(H,19,21). The van der Waals surface area contributed by atoms with Gasteiger partial charge in [-0.1, -0.05) is 43.2 Å². The molecule has 0 saturated heterocycles. The number of carbonyl (C=O) groups excluding carboxylic acids is 1. The van der Waals surface area contributed by atoms with E-state index >= 15 is 0 Å². The lowest BCUT2D eigenvalue weighted by molar-refractivity contribution is 0.0981. The molecule has 0 radical (unpaired) electrons. The monoisotopic (exact) mass is 348 g/mol. The average molecular weight is 348 g/mol. The van der Waals surface area contributed by atoms with E-state index in [1.54, 1.807) is 24.3 Å². The molecular weight excluding hydrogens is 328 g/mol. The Balaban J connectivity index is 2.15. The normalized spacial score (nSPS) is 11.2. The highest BCUT2D eigenvalue weighted by molar-refractivity contribution is 7.89. The van der Waals surface area contributed by atoms with Crippen LogP contribution in [0.25, 0.3) is 0 Å². The summed E-state index contributed by atoms with van der Waals surface area (Å²) < 4.78 is 26.3. The van der Waals surface area contributed by atoms with E-state index < -0.39 is 21.5 Å². The van der Waals surface area contributed by atoms with E-state index in [1.807, 2.05) is 18.6 Å². The summed E-state index contributed by atoms with van der Waals surface area (Å²) >= 11 is 0. The smallest absolute Gasteiger partial charge is 0.264 e. The topological polar surface area (TPSA) is 96.1 Å². The molecule has 7 heteroatoms. The summed E-state index contributed by atoms with van der Waals surface area (Å²) in [5.74, 6) is -1.10. The molecule has 2 N–H and O–H groups in total. The Morgan fingerprint density at radius 1 is 1.17 bits per heavy atom. The number of hydrogen-bond donors (Lipinski definition) is 2. The van der Waals surface area contributed by atoms with Crippen molar-refractivity contribution >= 4 is 15.9 Å². The number of H-pyrrole nitrogens is 1. The van der Waals surface area contributed by atoms with E-state index in [1.165, 1.54) is 6.07 Å². The number of aromatic amines is 1. The molecule has 0 bridgehead atoms. The maximum atomic E-state index is 12.2. The van der Waals surface area contributed by atoms with E-state index in [-0.39, 0.29) is 11.3 Å². The van der Waals surface area contributed by atoms with Gasteiger partial charge in [-0.15, -0.1) is 0 Å². The third-order valence-corrected chi connectivity index (χ3v) is 4.62. The molecule has 0 spiro atoms. The number of aromatic nitrogens is 1. The van der Waals surface area contributed by atoms with Gasteiger partial charge in [0.1, 0.15) is 0 Å². The highest BCUT2D eigenvalue weighted by atomic mass is 32.2. The van der Waals surface area contributed by atoms with E-state index in [0.29, 0.717) is 17.7 Å². The summed E-state index contributed by atoms with van der Waals surface area (Å²) in [4.78, 5) is 26.4. The van der Waals surface area contributed by atoms with Crippen molar-refractivity contribution in [3.8, 4) is 0 Å².